The Morgan fingerprint density at radius 3 is 2.44 bits per heavy atom. The lowest BCUT2D eigenvalue weighted by atomic mass is 10.5. The molecule has 0 saturated carbocycles. The third-order valence-electron chi connectivity index (χ3n) is 1.94. The fourth-order valence-corrected chi connectivity index (χ4v) is 2.61. The van der Waals surface area contributed by atoms with Crippen LogP contribution < -0.4 is 10.4 Å². The maximum atomic E-state index is 11.2. The van der Waals surface area contributed by atoms with Gasteiger partial charge in [0, 0.05) is 36.4 Å². The molecule has 0 aliphatic carbocycles. The maximum absolute atomic E-state index is 11.2. The van der Waals surface area contributed by atoms with Crippen molar-refractivity contribution in [3.8, 4) is 0 Å². The largest absolute Gasteiger partial charge is 0.274 e. The summed E-state index contributed by atoms with van der Waals surface area (Å²) >= 11 is 2.42. The summed E-state index contributed by atoms with van der Waals surface area (Å²) in [6.45, 7) is 5.20. The van der Waals surface area contributed by atoms with Crippen molar-refractivity contribution in [3.63, 3.8) is 0 Å². The monoisotopic (exact) mass is 284 g/mol. The minimum atomic E-state index is -0.198. The second-order valence-electron chi connectivity index (χ2n) is 3.47. The predicted molar refractivity (Wildman–Crippen MR) is 69.9 cm³/mol. The van der Waals surface area contributed by atoms with Crippen LogP contribution in [0.25, 0.3) is 0 Å². The number of aryl methyl sites for hydroxylation is 2. The highest BCUT2D eigenvalue weighted by molar-refractivity contribution is 7.12. The number of hydrazine groups is 1. The van der Waals surface area contributed by atoms with Crippen LogP contribution in [0.1, 0.15) is 25.5 Å². The van der Waals surface area contributed by atoms with Crippen LogP contribution in [0.3, 0.4) is 0 Å². The van der Waals surface area contributed by atoms with E-state index in [1.54, 1.807) is 6.92 Å². The van der Waals surface area contributed by atoms with Crippen LogP contribution in [0, 0.1) is 6.92 Å². The van der Waals surface area contributed by atoms with Crippen LogP contribution in [-0.4, -0.2) is 24.6 Å². The van der Waals surface area contributed by atoms with E-state index in [0.717, 1.165) is 12.2 Å². The Bertz CT molecular complexity index is 551. The van der Waals surface area contributed by atoms with Crippen LogP contribution in [0.15, 0.2) is 0 Å². The third-order valence-corrected chi connectivity index (χ3v) is 3.47. The van der Waals surface area contributed by atoms with E-state index in [4.69, 9.17) is 0 Å². The second-order valence-corrected chi connectivity index (χ2v) is 4.93. The quantitative estimate of drug-likeness (QED) is 0.855. The van der Waals surface area contributed by atoms with Crippen molar-refractivity contribution in [1.82, 2.24) is 24.1 Å². The van der Waals surface area contributed by atoms with E-state index in [0.29, 0.717) is 16.1 Å². The number of anilines is 2. The number of nitrogens with zero attached hydrogens (tertiary/aromatic N) is 5. The van der Waals surface area contributed by atoms with Crippen molar-refractivity contribution in [3.05, 3.63) is 11.6 Å². The summed E-state index contributed by atoms with van der Waals surface area (Å²) in [5, 5.41) is 2.67. The topological polar surface area (TPSA) is 83.9 Å². The van der Waals surface area contributed by atoms with E-state index in [1.165, 1.54) is 35.0 Å². The summed E-state index contributed by atoms with van der Waals surface area (Å²) in [5.41, 5.74) is 2.67. The molecule has 0 aliphatic rings. The standard InChI is InChI=1S/C9H12N6OS2/c1-4-7-11-9(18-14-7)15(12-6(3)16)8-10-5(2)13-17-8/h4H2,1-3H3,(H,12,16). The minimum absolute atomic E-state index is 0.198. The Labute approximate surface area is 112 Å². The zero-order chi connectivity index (χ0) is 13.1. The lowest BCUT2D eigenvalue weighted by molar-refractivity contribution is -0.118. The fraction of sp³-hybridized carbons (Fsp3) is 0.444. The van der Waals surface area contributed by atoms with E-state index in [9.17, 15) is 4.79 Å². The molecule has 0 fully saturated rings. The molecule has 0 aliphatic heterocycles. The summed E-state index contributed by atoms with van der Waals surface area (Å²) < 4.78 is 8.28. The Kier molecular flexibility index (Phi) is 3.82. The van der Waals surface area contributed by atoms with E-state index >= 15 is 0 Å². The van der Waals surface area contributed by atoms with Gasteiger partial charge in [-0.15, -0.1) is 0 Å². The SMILES string of the molecule is CCc1nsc(N(NC(C)=O)c2nc(C)ns2)n1. The minimum Gasteiger partial charge on any atom is -0.274 e. The van der Waals surface area contributed by atoms with E-state index in [-0.39, 0.29) is 5.91 Å². The lowest BCUT2D eigenvalue weighted by Gasteiger charge is -2.16. The molecule has 96 valence electrons. The van der Waals surface area contributed by atoms with Crippen molar-refractivity contribution in [2.75, 3.05) is 5.01 Å². The van der Waals surface area contributed by atoms with Crippen molar-refractivity contribution < 1.29 is 4.79 Å². The molecule has 2 aromatic heterocycles. The smallest absolute Gasteiger partial charge is 0.235 e. The Balaban J connectivity index is 2.32. The molecule has 2 heterocycles. The summed E-state index contributed by atoms with van der Waals surface area (Å²) in [5.74, 6) is 1.20. The summed E-state index contributed by atoms with van der Waals surface area (Å²) in [7, 11) is 0. The van der Waals surface area contributed by atoms with E-state index in [2.05, 4.69) is 24.1 Å². The van der Waals surface area contributed by atoms with Gasteiger partial charge in [0.2, 0.25) is 16.2 Å². The Morgan fingerprint density at radius 1 is 1.28 bits per heavy atom. The van der Waals surface area contributed by atoms with Crippen molar-refractivity contribution >= 4 is 39.2 Å². The van der Waals surface area contributed by atoms with Gasteiger partial charge < -0.3 is 0 Å². The molecule has 1 amide bonds. The first kappa shape index (κ1) is 12.8. The average molecular weight is 284 g/mol. The highest BCUT2D eigenvalue weighted by atomic mass is 32.1. The number of hydrogen-bond acceptors (Lipinski definition) is 8. The predicted octanol–water partition coefficient (Wildman–Crippen LogP) is 1.45. The highest BCUT2D eigenvalue weighted by Gasteiger charge is 2.19. The maximum Gasteiger partial charge on any atom is 0.235 e. The number of hydrogen-bond donors (Lipinski definition) is 1. The molecule has 0 unspecified atom stereocenters. The van der Waals surface area contributed by atoms with Crippen LogP contribution in [-0.2, 0) is 11.2 Å². The molecule has 9 heteroatoms. The van der Waals surface area contributed by atoms with Crippen molar-refractivity contribution in [1.29, 1.82) is 0 Å². The fourth-order valence-electron chi connectivity index (χ4n) is 1.19. The van der Waals surface area contributed by atoms with Gasteiger partial charge in [-0.1, -0.05) is 6.92 Å². The number of carbonyl (C=O) groups is 1. The van der Waals surface area contributed by atoms with Gasteiger partial charge in [0.1, 0.15) is 11.6 Å². The summed E-state index contributed by atoms with van der Waals surface area (Å²) in [6.07, 6.45) is 0.750. The first-order chi connectivity index (χ1) is 8.60. The molecule has 0 radical (unpaired) electrons. The molecular formula is C9H12N6OS2. The van der Waals surface area contributed by atoms with Crippen LogP contribution in [0.2, 0.25) is 0 Å². The first-order valence-electron chi connectivity index (χ1n) is 5.30. The Hall–Kier alpha value is -1.61. The zero-order valence-corrected chi connectivity index (χ0v) is 11.8. The van der Waals surface area contributed by atoms with Crippen LogP contribution >= 0.6 is 23.1 Å². The van der Waals surface area contributed by atoms with Crippen molar-refractivity contribution in [2.24, 2.45) is 0 Å². The third kappa shape index (κ3) is 2.79. The molecule has 0 bridgehead atoms. The molecule has 0 spiro atoms. The molecule has 2 aromatic rings. The zero-order valence-electron chi connectivity index (χ0n) is 10.2. The lowest BCUT2D eigenvalue weighted by Crippen LogP contribution is -2.37. The first-order valence-corrected chi connectivity index (χ1v) is 6.85. The van der Waals surface area contributed by atoms with Gasteiger partial charge in [-0.2, -0.15) is 13.8 Å². The number of aromatic nitrogens is 4. The van der Waals surface area contributed by atoms with Crippen LogP contribution in [0.4, 0.5) is 10.3 Å². The number of amides is 1. The van der Waals surface area contributed by atoms with Crippen molar-refractivity contribution in [2.45, 2.75) is 27.2 Å². The number of nitrogens with one attached hydrogen (secondary N) is 1. The summed E-state index contributed by atoms with van der Waals surface area (Å²) in [6, 6.07) is 0. The molecule has 0 aromatic carbocycles. The molecule has 0 atom stereocenters. The normalized spacial score (nSPS) is 10.4. The number of rotatable bonds is 4. The van der Waals surface area contributed by atoms with E-state index < -0.39 is 0 Å². The van der Waals surface area contributed by atoms with Crippen LogP contribution in [0.5, 0.6) is 0 Å². The summed E-state index contributed by atoms with van der Waals surface area (Å²) in [4.78, 5) is 19.8. The van der Waals surface area contributed by atoms with Gasteiger partial charge in [0.25, 0.3) is 0 Å². The van der Waals surface area contributed by atoms with Gasteiger partial charge in [0.05, 0.1) is 0 Å². The average Bonchev–Trinajstić information content (AvgIpc) is 2.94. The van der Waals surface area contributed by atoms with Gasteiger partial charge in [-0.05, 0) is 6.92 Å². The highest BCUT2D eigenvalue weighted by Crippen LogP contribution is 2.26. The number of carbonyl (C=O) groups excluding carboxylic acids is 1. The molecule has 1 N–H and O–H groups in total. The second kappa shape index (κ2) is 5.36. The van der Waals surface area contributed by atoms with E-state index in [1.807, 2.05) is 6.92 Å². The molecule has 0 saturated heterocycles. The van der Waals surface area contributed by atoms with Gasteiger partial charge in [-0.3, -0.25) is 10.2 Å². The molecule has 2 rings (SSSR count). The molecule has 18 heavy (non-hydrogen) atoms. The van der Waals surface area contributed by atoms with Gasteiger partial charge >= 0.3 is 0 Å². The molecular weight excluding hydrogens is 272 g/mol. The molecule has 7 nitrogen and oxygen atoms in total. The Morgan fingerprint density at radius 2 is 1.94 bits per heavy atom. The van der Waals surface area contributed by atoms with Gasteiger partial charge in [-0.25, -0.2) is 9.97 Å². The van der Waals surface area contributed by atoms with Gasteiger partial charge in [0.15, 0.2) is 0 Å².